The van der Waals surface area contributed by atoms with Crippen LogP contribution in [0.5, 0.6) is 5.75 Å². The lowest BCUT2D eigenvalue weighted by Gasteiger charge is -2.24. The molecule has 8 heteroatoms. The van der Waals surface area contributed by atoms with Gasteiger partial charge in [0.25, 0.3) is 11.8 Å². The van der Waals surface area contributed by atoms with Crippen molar-refractivity contribution in [2.75, 3.05) is 26.2 Å². The lowest BCUT2D eigenvalue weighted by Crippen LogP contribution is -2.40. The number of pyridine rings is 1. The smallest absolute Gasteiger partial charge is 0.259 e. The molecule has 0 radical (unpaired) electrons. The molecule has 1 fully saturated rings. The Kier molecular flexibility index (Phi) is 7.08. The van der Waals surface area contributed by atoms with Crippen LogP contribution in [0.3, 0.4) is 0 Å². The lowest BCUT2D eigenvalue weighted by molar-refractivity contribution is 0.0730. The van der Waals surface area contributed by atoms with Crippen LogP contribution in [0.15, 0.2) is 35.4 Å². The zero-order valence-electron chi connectivity index (χ0n) is 19.2. The molecule has 0 N–H and O–H groups in total. The SMILES string of the molecule is CCN(CC)C(=O)c1cn(C2CCCC2)cc(C(=O)N2CCOc3ccc(Cl)cc3C2)c1=O. The second kappa shape index (κ2) is 10.00. The summed E-state index contributed by atoms with van der Waals surface area (Å²) in [7, 11) is 0. The van der Waals surface area contributed by atoms with E-state index in [-0.39, 0.29) is 29.6 Å². The van der Waals surface area contributed by atoms with Crippen LogP contribution in [-0.2, 0) is 6.54 Å². The van der Waals surface area contributed by atoms with Gasteiger partial charge in [0.2, 0.25) is 5.43 Å². The van der Waals surface area contributed by atoms with Crippen molar-refractivity contribution < 1.29 is 14.3 Å². The first-order valence-electron chi connectivity index (χ1n) is 11.7. The van der Waals surface area contributed by atoms with Gasteiger partial charge in [0.15, 0.2) is 0 Å². The van der Waals surface area contributed by atoms with Crippen LogP contribution in [0.25, 0.3) is 0 Å². The van der Waals surface area contributed by atoms with Crippen molar-refractivity contribution >= 4 is 23.4 Å². The fourth-order valence-electron chi connectivity index (χ4n) is 4.70. The molecule has 0 saturated heterocycles. The highest BCUT2D eigenvalue weighted by Crippen LogP contribution is 2.30. The number of amides is 2. The van der Waals surface area contributed by atoms with Crippen molar-refractivity contribution in [2.24, 2.45) is 0 Å². The second-order valence-electron chi connectivity index (χ2n) is 8.60. The molecule has 0 bridgehead atoms. The molecule has 7 nitrogen and oxygen atoms in total. The predicted octanol–water partition coefficient (Wildman–Crippen LogP) is 4.13. The van der Waals surface area contributed by atoms with E-state index in [1.807, 2.05) is 18.4 Å². The number of carbonyl (C=O) groups is 2. The molecule has 1 aliphatic carbocycles. The largest absolute Gasteiger partial charge is 0.491 e. The number of hydrogen-bond acceptors (Lipinski definition) is 4. The number of nitrogens with zero attached hydrogens (tertiary/aromatic N) is 3. The Morgan fingerprint density at radius 1 is 1.12 bits per heavy atom. The maximum absolute atomic E-state index is 13.6. The van der Waals surface area contributed by atoms with Crippen LogP contribution >= 0.6 is 11.6 Å². The van der Waals surface area contributed by atoms with Crippen LogP contribution in [0.2, 0.25) is 5.02 Å². The Labute approximate surface area is 198 Å². The Hall–Kier alpha value is -2.80. The Morgan fingerprint density at radius 3 is 2.52 bits per heavy atom. The van der Waals surface area contributed by atoms with Gasteiger partial charge in [-0.3, -0.25) is 14.4 Å². The average molecular weight is 472 g/mol. The monoisotopic (exact) mass is 471 g/mol. The summed E-state index contributed by atoms with van der Waals surface area (Å²) in [4.78, 5) is 43.4. The summed E-state index contributed by atoms with van der Waals surface area (Å²) in [5.41, 5.74) is 0.374. The molecule has 0 atom stereocenters. The molecular weight excluding hydrogens is 442 g/mol. The number of halogens is 1. The summed E-state index contributed by atoms with van der Waals surface area (Å²) in [6.45, 7) is 5.69. The first kappa shape index (κ1) is 23.4. The van der Waals surface area contributed by atoms with E-state index in [4.69, 9.17) is 16.3 Å². The van der Waals surface area contributed by atoms with E-state index in [2.05, 4.69) is 0 Å². The van der Waals surface area contributed by atoms with Gasteiger partial charge in [-0.2, -0.15) is 0 Å². The molecule has 1 aromatic heterocycles. The maximum atomic E-state index is 13.6. The van der Waals surface area contributed by atoms with Gasteiger partial charge in [0, 0.05) is 48.7 Å². The standard InChI is InChI=1S/C25H30ClN3O4/c1-3-27(4-2)24(31)20-15-29(19-7-5-6-8-19)16-21(23(20)30)25(32)28-11-12-33-22-10-9-18(26)13-17(22)14-28/h9-10,13,15-16,19H,3-8,11-12,14H2,1-2H3. The van der Waals surface area contributed by atoms with Crippen molar-refractivity contribution in [1.29, 1.82) is 0 Å². The second-order valence-corrected chi connectivity index (χ2v) is 9.04. The number of benzene rings is 1. The minimum absolute atomic E-state index is 0.0328. The summed E-state index contributed by atoms with van der Waals surface area (Å²) >= 11 is 6.15. The van der Waals surface area contributed by atoms with Gasteiger partial charge in [-0.05, 0) is 44.9 Å². The first-order valence-corrected chi connectivity index (χ1v) is 12.1. The van der Waals surface area contributed by atoms with Gasteiger partial charge in [-0.25, -0.2) is 0 Å². The molecule has 1 aromatic carbocycles. The van der Waals surface area contributed by atoms with E-state index in [0.29, 0.717) is 37.0 Å². The molecule has 4 rings (SSSR count). The van der Waals surface area contributed by atoms with Gasteiger partial charge in [0.05, 0.1) is 6.54 Å². The van der Waals surface area contributed by atoms with Crippen LogP contribution in [0.1, 0.15) is 71.9 Å². The van der Waals surface area contributed by atoms with Gasteiger partial charge in [-0.15, -0.1) is 0 Å². The summed E-state index contributed by atoms with van der Waals surface area (Å²) in [5.74, 6) is -0.0383. The Bertz CT molecular complexity index is 1100. The van der Waals surface area contributed by atoms with Crippen molar-refractivity contribution in [3.05, 3.63) is 62.5 Å². The van der Waals surface area contributed by atoms with Crippen molar-refractivity contribution in [3.63, 3.8) is 0 Å². The van der Waals surface area contributed by atoms with Crippen molar-refractivity contribution in [3.8, 4) is 5.75 Å². The minimum atomic E-state index is -0.511. The molecule has 2 amide bonds. The van der Waals surface area contributed by atoms with Gasteiger partial charge in [0.1, 0.15) is 23.5 Å². The van der Waals surface area contributed by atoms with E-state index in [1.54, 1.807) is 40.4 Å². The molecule has 2 heterocycles. The molecule has 0 unspecified atom stereocenters. The van der Waals surface area contributed by atoms with Crippen LogP contribution in [0.4, 0.5) is 0 Å². The maximum Gasteiger partial charge on any atom is 0.259 e. The van der Waals surface area contributed by atoms with E-state index in [0.717, 1.165) is 31.2 Å². The van der Waals surface area contributed by atoms with Crippen LogP contribution in [-0.4, -0.2) is 52.4 Å². The lowest BCUT2D eigenvalue weighted by atomic mass is 10.1. The normalized spacial score (nSPS) is 16.2. The number of hydrogen-bond donors (Lipinski definition) is 0. The highest BCUT2D eigenvalue weighted by atomic mass is 35.5. The molecule has 176 valence electrons. The first-order chi connectivity index (χ1) is 15.9. The number of carbonyl (C=O) groups excluding carboxylic acids is 2. The summed E-state index contributed by atoms with van der Waals surface area (Å²) < 4.78 is 7.70. The third-order valence-corrected chi connectivity index (χ3v) is 6.83. The molecule has 2 aromatic rings. The van der Waals surface area contributed by atoms with Crippen molar-refractivity contribution in [2.45, 2.75) is 52.1 Å². The third-order valence-electron chi connectivity index (χ3n) is 6.59. The summed E-state index contributed by atoms with van der Waals surface area (Å²) in [6.07, 6.45) is 7.43. The van der Waals surface area contributed by atoms with Crippen LogP contribution < -0.4 is 10.2 Å². The quantitative estimate of drug-likeness (QED) is 0.657. The fraction of sp³-hybridized carbons (Fsp3) is 0.480. The van der Waals surface area contributed by atoms with E-state index >= 15 is 0 Å². The molecule has 1 saturated carbocycles. The summed E-state index contributed by atoms with van der Waals surface area (Å²) in [6, 6.07) is 5.51. The molecule has 2 aliphatic rings. The van der Waals surface area contributed by atoms with Crippen molar-refractivity contribution in [1.82, 2.24) is 14.4 Å². The average Bonchev–Trinajstić information content (AvgIpc) is 3.27. The van der Waals surface area contributed by atoms with Crippen LogP contribution in [0, 0.1) is 0 Å². The fourth-order valence-corrected chi connectivity index (χ4v) is 4.90. The topological polar surface area (TPSA) is 71.8 Å². The highest BCUT2D eigenvalue weighted by Gasteiger charge is 2.28. The van der Waals surface area contributed by atoms with Gasteiger partial charge >= 0.3 is 0 Å². The van der Waals surface area contributed by atoms with E-state index < -0.39 is 11.3 Å². The third kappa shape index (κ3) is 4.78. The van der Waals surface area contributed by atoms with Gasteiger partial charge < -0.3 is 19.1 Å². The zero-order chi connectivity index (χ0) is 23.5. The number of rotatable bonds is 5. The zero-order valence-corrected chi connectivity index (χ0v) is 19.9. The predicted molar refractivity (Wildman–Crippen MR) is 127 cm³/mol. The highest BCUT2D eigenvalue weighted by molar-refractivity contribution is 6.30. The Balaban J connectivity index is 1.74. The molecule has 33 heavy (non-hydrogen) atoms. The molecular formula is C25H30ClN3O4. The molecule has 0 spiro atoms. The van der Waals surface area contributed by atoms with Gasteiger partial charge in [-0.1, -0.05) is 24.4 Å². The van der Waals surface area contributed by atoms with E-state index in [1.165, 1.54) is 0 Å². The number of ether oxygens (including phenoxy) is 1. The Morgan fingerprint density at radius 2 is 1.82 bits per heavy atom. The number of aromatic nitrogens is 1. The number of fused-ring (bicyclic) bond motifs is 1. The molecule has 1 aliphatic heterocycles. The van der Waals surface area contributed by atoms with E-state index in [9.17, 15) is 14.4 Å². The summed E-state index contributed by atoms with van der Waals surface area (Å²) in [5, 5.41) is 0.557. The minimum Gasteiger partial charge on any atom is -0.491 e.